The number of aromatic hydroxyl groups is 1. The minimum atomic E-state index is -0.410. The molecule has 10 heteroatoms. The third-order valence-corrected chi connectivity index (χ3v) is 3.47. The van der Waals surface area contributed by atoms with E-state index in [1.165, 1.54) is 18.2 Å². The number of hydrogen-bond donors (Lipinski definition) is 3. The van der Waals surface area contributed by atoms with Gasteiger partial charge in [-0.05, 0) is 29.0 Å². The standard InChI is InChI=1S/C12H8Cl2N6O2/c1-5-7(2-6-3-8(13)10(21)9(14)4-6)11(22)20(17-5)12-15-18-19-16-12/h2-4,17,21H,1H2,(H,15,16,18,19). The van der Waals surface area contributed by atoms with Gasteiger partial charge >= 0.3 is 0 Å². The SMILES string of the molecule is C=c1[nH]n(-c2nn[nH]n2)c(=O)c1=Cc1cc(Cl)c(O)c(Cl)c1. The quantitative estimate of drug-likeness (QED) is 0.605. The van der Waals surface area contributed by atoms with Crippen molar-refractivity contribution in [2.75, 3.05) is 0 Å². The first-order valence-electron chi connectivity index (χ1n) is 5.91. The molecule has 0 atom stereocenters. The van der Waals surface area contributed by atoms with Crippen LogP contribution in [0.25, 0.3) is 18.6 Å². The highest BCUT2D eigenvalue weighted by Gasteiger charge is 2.09. The summed E-state index contributed by atoms with van der Waals surface area (Å²) in [6.45, 7) is 3.76. The highest BCUT2D eigenvalue weighted by Crippen LogP contribution is 2.32. The summed E-state index contributed by atoms with van der Waals surface area (Å²) in [6.07, 6.45) is 1.54. The number of benzene rings is 1. The summed E-state index contributed by atoms with van der Waals surface area (Å²) in [5.41, 5.74) is 0.126. The maximum atomic E-state index is 12.4. The number of aromatic amines is 2. The fourth-order valence-electron chi connectivity index (χ4n) is 1.87. The van der Waals surface area contributed by atoms with Gasteiger partial charge in [0.05, 0.1) is 20.6 Å². The van der Waals surface area contributed by atoms with Crippen LogP contribution in [0.4, 0.5) is 0 Å². The van der Waals surface area contributed by atoms with Crippen LogP contribution in [0.3, 0.4) is 0 Å². The number of phenolic OH excluding ortho intramolecular Hbond substituents is 1. The summed E-state index contributed by atoms with van der Waals surface area (Å²) in [7, 11) is 0. The van der Waals surface area contributed by atoms with E-state index in [9.17, 15) is 9.90 Å². The summed E-state index contributed by atoms with van der Waals surface area (Å²) in [4.78, 5) is 12.4. The molecular weight excluding hydrogens is 331 g/mol. The van der Waals surface area contributed by atoms with Crippen LogP contribution in [0.15, 0.2) is 16.9 Å². The van der Waals surface area contributed by atoms with Gasteiger partial charge < -0.3 is 5.11 Å². The average molecular weight is 339 g/mol. The lowest BCUT2D eigenvalue weighted by Gasteiger charge is -2.01. The van der Waals surface area contributed by atoms with Gasteiger partial charge in [-0.3, -0.25) is 9.89 Å². The molecule has 0 bridgehead atoms. The zero-order valence-corrected chi connectivity index (χ0v) is 12.4. The van der Waals surface area contributed by atoms with Crippen LogP contribution < -0.4 is 16.1 Å². The normalized spacial score (nSPS) is 12.0. The molecule has 0 amide bonds. The van der Waals surface area contributed by atoms with E-state index in [0.717, 1.165) is 4.68 Å². The maximum Gasteiger partial charge on any atom is 0.291 e. The molecule has 112 valence electrons. The van der Waals surface area contributed by atoms with Gasteiger partial charge in [0, 0.05) is 0 Å². The average Bonchev–Trinajstić information content (AvgIpc) is 3.08. The molecule has 0 radical (unpaired) electrons. The molecule has 0 aliphatic heterocycles. The summed E-state index contributed by atoms with van der Waals surface area (Å²) in [6, 6.07) is 2.96. The van der Waals surface area contributed by atoms with E-state index in [-0.39, 0.29) is 27.0 Å². The molecule has 0 spiro atoms. The Morgan fingerprint density at radius 1 is 1.32 bits per heavy atom. The van der Waals surface area contributed by atoms with E-state index in [2.05, 4.69) is 32.3 Å². The molecule has 0 fully saturated rings. The van der Waals surface area contributed by atoms with Gasteiger partial charge in [0.15, 0.2) is 5.75 Å². The highest BCUT2D eigenvalue weighted by molar-refractivity contribution is 6.37. The fourth-order valence-corrected chi connectivity index (χ4v) is 2.38. The zero-order chi connectivity index (χ0) is 15.9. The molecular formula is C12H8Cl2N6O2. The van der Waals surface area contributed by atoms with E-state index < -0.39 is 5.56 Å². The van der Waals surface area contributed by atoms with Crippen LogP contribution >= 0.6 is 23.2 Å². The third kappa shape index (κ3) is 2.38. The molecule has 0 unspecified atom stereocenters. The van der Waals surface area contributed by atoms with E-state index in [4.69, 9.17) is 23.2 Å². The number of aromatic nitrogens is 6. The molecule has 3 aromatic rings. The van der Waals surface area contributed by atoms with E-state index in [1.807, 2.05) is 0 Å². The summed E-state index contributed by atoms with van der Waals surface area (Å²) < 4.78 is 1.10. The van der Waals surface area contributed by atoms with Crippen molar-refractivity contribution in [3.05, 3.63) is 48.7 Å². The molecule has 0 saturated carbocycles. The van der Waals surface area contributed by atoms with Crippen molar-refractivity contribution in [1.82, 2.24) is 30.4 Å². The molecule has 3 rings (SSSR count). The lowest BCUT2D eigenvalue weighted by atomic mass is 10.2. The van der Waals surface area contributed by atoms with Gasteiger partial charge in [0.25, 0.3) is 11.5 Å². The van der Waals surface area contributed by atoms with Gasteiger partial charge in [-0.25, -0.2) is 0 Å². The number of nitrogens with one attached hydrogen (secondary N) is 2. The van der Waals surface area contributed by atoms with E-state index in [0.29, 0.717) is 10.9 Å². The predicted molar refractivity (Wildman–Crippen MR) is 80.6 cm³/mol. The van der Waals surface area contributed by atoms with E-state index >= 15 is 0 Å². The number of H-pyrrole nitrogens is 2. The van der Waals surface area contributed by atoms with Crippen LogP contribution in [-0.2, 0) is 0 Å². The van der Waals surface area contributed by atoms with Gasteiger partial charge in [-0.2, -0.15) is 9.90 Å². The lowest BCUT2D eigenvalue weighted by Crippen LogP contribution is -2.34. The van der Waals surface area contributed by atoms with Crippen molar-refractivity contribution in [3.63, 3.8) is 0 Å². The van der Waals surface area contributed by atoms with E-state index in [1.54, 1.807) is 0 Å². The summed E-state index contributed by atoms with van der Waals surface area (Å²) in [5, 5.41) is 26.2. The van der Waals surface area contributed by atoms with Crippen LogP contribution in [0, 0.1) is 0 Å². The maximum absolute atomic E-state index is 12.4. The third-order valence-electron chi connectivity index (χ3n) is 2.89. The Hall–Kier alpha value is -2.58. The molecule has 8 nitrogen and oxygen atoms in total. The Morgan fingerprint density at radius 3 is 2.59 bits per heavy atom. The van der Waals surface area contributed by atoms with Crippen LogP contribution in [0.2, 0.25) is 10.0 Å². The van der Waals surface area contributed by atoms with Crippen molar-refractivity contribution < 1.29 is 5.11 Å². The van der Waals surface area contributed by atoms with Gasteiger partial charge in [-0.1, -0.05) is 34.9 Å². The van der Waals surface area contributed by atoms with Gasteiger partial charge in [0.2, 0.25) is 0 Å². The zero-order valence-electron chi connectivity index (χ0n) is 10.8. The predicted octanol–water partition coefficient (Wildman–Crippen LogP) is -0.0698. The Morgan fingerprint density at radius 2 is 2.00 bits per heavy atom. The number of nitrogens with zero attached hydrogens (tertiary/aromatic N) is 4. The Bertz CT molecular complexity index is 982. The van der Waals surface area contributed by atoms with Crippen LogP contribution in [-0.4, -0.2) is 35.5 Å². The number of halogens is 2. The first-order valence-corrected chi connectivity index (χ1v) is 6.66. The lowest BCUT2D eigenvalue weighted by molar-refractivity contribution is 0.476. The second-order valence-electron chi connectivity index (χ2n) is 4.33. The van der Waals surface area contributed by atoms with Crippen molar-refractivity contribution in [3.8, 4) is 11.7 Å². The molecule has 0 aliphatic carbocycles. The largest absolute Gasteiger partial charge is 0.505 e. The Kier molecular flexibility index (Phi) is 3.47. The summed E-state index contributed by atoms with van der Waals surface area (Å²) >= 11 is 11.7. The first-order chi connectivity index (χ1) is 10.5. The second-order valence-corrected chi connectivity index (χ2v) is 5.15. The van der Waals surface area contributed by atoms with Gasteiger partial charge in [-0.15, -0.1) is 5.10 Å². The van der Waals surface area contributed by atoms with Crippen LogP contribution in [0.5, 0.6) is 5.75 Å². The van der Waals surface area contributed by atoms with Crippen molar-refractivity contribution in [2.24, 2.45) is 0 Å². The molecule has 22 heavy (non-hydrogen) atoms. The number of tetrazole rings is 1. The Labute approximate surface area is 132 Å². The van der Waals surface area contributed by atoms with Gasteiger partial charge in [0.1, 0.15) is 0 Å². The van der Waals surface area contributed by atoms with Crippen molar-refractivity contribution >= 4 is 35.9 Å². The molecule has 2 heterocycles. The molecule has 2 aromatic heterocycles. The number of rotatable bonds is 2. The minimum absolute atomic E-state index is 0.0660. The molecule has 0 aliphatic rings. The number of phenols is 1. The topological polar surface area (TPSA) is 112 Å². The minimum Gasteiger partial charge on any atom is -0.505 e. The second kappa shape index (κ2) is 5.32. The van der Waals surface area contributed by atoms with Crippen molar-refractivity contribution in [1.29, 1.82) is 0 Å². The molecule has 1 aromatic carbocycles. The number of hydrogen-bond acceptors (Lipinski definition) is 5. The smallest absolute Gasteiger partial charge is 0.291 e. The highest BCUT2D eigenvalue weighted by atomic mass is 35.5. The monoisotopic (exact) mass is 338 g/mol. The molecule has 0 saturated heterocycles. The first kappa shape index (κ1) is 14.4. The Balaban J connectivity index is 2.22. The molecule has 3 N–H and O–H groups in total. The summed E-state index contributed by atoms with van der Waals surface area (Å²) in [5.74, 6) is -0.148. The van der Waals surface area contributed by atoms with Crippen LogP contribution in [0.1, 0.15) is 5.56 Å². The van der Waals surface area contributed by atoms with Crippen molar-refractivity contribution in [2.45, 2.75) is 0 Å². The fraction of sp³-hybridized carbons (Fsp3) is 0.